The molecule has 0 aliphatic carbocycles. The van der Waals surface area contributed by atoms with Gasteiger partial charge < -0.3 is 9.47 Å². The number of nitrogens with zero attached hydrogens (tertiary/aromatic N) is 2. The van der Waals surface area contributed by atoms with E-state index in [0.717, 1.165) is 0 Å². The predicted molar refractivity (Wildman–Crippen MR) is 125 cm³/mol. The molecule has 1 aliphatic rings. The molecule has 0 saturated carbocycles. The fourth-order valence-electron chi connectivity index (χ4n) is 3.65. The molecule has 0 fully saturated rings. The highest BCUT2D eigenvalue weighted by Crippen LogP contribution is 2.31. The molecular formula is C24H19ClF2N2O4S. The van der Waals surface area contributed by atoms with Crippen LogP contribution < -0.4 is 19.6 Å². The Morgan fingerprint density at radius 3 is 2.50 bits per heavy atom. The number of alkyl halides is 2. The highest BCUT2D eigenvalue weighted by molar-refractivity contribution is 7.07. The minimum atomic E-state index is -2.92. The van der Waals surface area contributed by atoms with Gasteiger partial charge in [0, 0.05) is 5.02 Å². The summed E-state index contributed by atoms with van der Waals surface area (Å²) in [4.78, 5) is 31.2. The first kappa shape index (κ1) is 23.8. The number of carbonyl (C=O) groups excluding carboxylic acids is 1. The van der Waals surface area contributed by atoms with Gasteiger partial charge in [0.25, 0.3) is 5.56 Å². The summed E-state index contributed by atoms with van der Waals surface area (Å²) in [5, 5.41) is 0.522. The molecule has 0 bridgehead atoms. The van der Waals surface area contributed by atoms with Crippen molar-refractivity contribution in [1.82, 2.24) is 4.57 Å². The highest BCUT2D eigenvalue weighted by atomic mass is 35.5. The summed E-state index contributed by atoms with van der Waals surface area (Å²) in [6.07, 6.45) is 1.64. The summed E-state index contributed by atoms with van der Waals surface area (Å²) in [7, 11) is 0. The largest absolute Gasteiger partial charge is 0.463 e. The third kappa shape index (κ3) is 4.80. The van der Waals surface area contributed by atoms with Gasteiger partial charge in [0.15, 0.2) is 4.80 Å². The fourth-order valence-corrected chi connectivity index (χ4v) is 4.82. The summed E-state index contributed by atoms with van der Waals surface area (Å²) in [6.45, 7) is 0.670. The first-order chi connectivity index (χ1) is 16.3. The Labute approximate surface area is 202 Å². The standard InChI is InChI=1S/C24H19ClF2N2O4S/c1-3-32-22(31)19-13(2)28-24-29(20(19)15-6-8-16(25)9-7-15)21(30)18(34-24)12-14-4-10-17(11-5-14)33-23(26)27/h4-12,20,23H,3H2,1-2H3/b18-12+/t20-/m1/s1. The molecule has 2 aromatic carbocycles. The zero-order valence-electron chi connectivity index (χ0n) is 18.1. The van der Waals surface area contributed by atoms with Gasteiger partial charge in [0.05, 0.1) is 28.5 Å². The van der Waals surface area contributed by atoms with Crippen molar-refractivity contribution in [1.29, 1.82) is 0 Å². The van der Waals surface area contributed by atoms with Gasteiger partial charge in [-0.1, -0.05) is 47.2 Å². The van der Waals surface area contributed by atoms with Crippen molar-refractivity contribution in [3.8, 4) is 5.75 Å². The van der Waals surface area contributed by atoms with Gasteiger partial charge in [-0.25, -0.2) is 9.79 Å². The molecule has 0 radical (unpaired) electrons. The lowest BCUT2D eigenvalue weighted by molar-refractivity contribution is -0.139. The van der Waals surface area contributed by atoms with Gasteiger partial charge in [0.1, 0.15) is 5.75 Å². The van der Waals surface area contributed by atoms with E-state index in [-0.39, 0.29) is 23.5 Å². The summed E-state index contributed by atoms with van der Waals surface area (Å²) >= 11 is 7.22. The minimum Gasteiger partial charge on any atom is -0.463 e. The zero-order valence-corrected chi connectivity index (χ0v) is 19.7. The number of esters is 1. The molecule has 1 aliphatic heterocycles. The normalized spacial score (nSPS) is 15.8. The van der Waals surface area contributed by atoms with Crippen molar-refractivity contribution in [3.05, 3.63) is 95.6 Å². The topological polar surface area (TPSA) is 69.9 Å². The summed E-state index contributed by atoms with van der Waals surface area (Å²) in [5.41, 5.74) is 1.70. The molecule has 3 aromatic rings. The zero-order chi connectivity index (χ0) is 24.4. The Hall–Kier alpha value is -3.30. The van der Waals surface area contributed by atoms with Crippen LogP contribution in [0.2, 0.25) is 5.02 Å². The maximum atomic E-state index is 13.5. The van der Waals surface area contributed by atoms with E-state index in [9.17, 15) is 18.4 Å². The molecule has 6 nitrogen and oxygen atoms in total. The molecule has 2 heterocycles. The van der Waals surface area contributed by atoms with Crippen LogP contribution in [0, 0.1) is 0 Å². The van der Waals surface area contributed by atoms with E-state index in [1.807, 2.05) is 0 Å². The van der Waals surface area contributed by atoms with Crippen LogP contribution in [-0.2, 0) is 9.53 Å². The molecular weight excluding hydrogens is 486 g/mol. The second-order valence-electron chi connectivity index (χ2n) is 7.30. The number of aromatic nitrogens is 1. The number of ether oxygens (including phenoxy) is 2. The van der Waals surface area contributed by atoms with Crippen LogP contribution in [0.15, 0.2) is 69.6 Å². The van der Waals surface area contributed by atoms with Crippen molar-refractivity contribution in [2.45, 2.75) is 26.5 Å². The Balaban J connectivity index is 1.85. The van der Waals surface area contributed by atoms with Crippen LogP contribution in [-0.4, -0.2) is 23.8 Å². The maximum absolute atomic E-state index is 13.5. The average Bonchev–Trinajstić information content (AvgIpc) is 3.09. The number of allylic oxidation sites excluding steroid dienone is 1. The molecule has 0 unspecified atom stereocenters. The lowest BCUT2D eigenvalue weighted by Crippen LogP contribution is -2.39. The van der Waals surface area contributed by atoms with E-state index in [1.165, 1.54) is 28.0 Å². The van der Waals surface area contributed by atoms with Crippen molar-refractivity contribution < 1.29 is 23.0 Å². The summed E-state index contributed by atoms with van der Waals surface area (Å²) in [6, 6.07) is 12.1. The van der Waals surface area contributed by atoms with Crippen LogP contribution in [0.5, 0.6) is 5.75 Å². The van der Waals surface area contributed by atoms with Crippen LogP contribution in [0.25, 0.3) is 6.08 Å². The molecule has 1 atom stereocenters. The van der Waals surface area contributed by atoms with Crippen LogP contribution in [0.3, 0.4) is 0 Å². The van der Waals surface area contributed by atoms with E-state index in [2.05, 4.69) is 9.73 Å². The van der Waals surface area contributed by atoms with Crippen molar-refractivity contribution >= 4 is 35.0 Å². The molecule has 0 amide bonds. The Kier molecular flexibility index (Phi) is 6.95. The second kappa shape index (κ2) is 9.90. The quantitative estimate of drug-likeness (QED) is 0.475. The molecule has 176 valence electrons. The van der Waals surface area contributed by atoms with Crippen molar-refractivity contribution in [3.63, 3.8) is 0 Å². The summed E-state index contributed by atoms with van der Waals surface area (Å²) in [5.74, 6) is -0.529. The number of benzene rings is 2. The molecule has 10 heteroatoms. The van der Waals surface area contributed by atoms with E-state index >= 15 is 0 Å². The number of hydrogen-bond acceptors (Lipinski definition) is 6. The molecule has 0 spiro atoms. The molecule has 4 rings (SSSR count). The number of carbonyl (C=O) groups is 1. The van der Waals surface area contributed by atoms with Crippen LogP contribution in [0.1, 0.15) is 31.0 Å². The molecule has 34 heavy (non-hydrogen) atoms. The SMILES string of the molecule is CCOC(=O)C1=C(C)N=c2s/c(=C/c3ccc(OC(F)F)cc3)c(=O)n2[C@@H]1c1ccc(Cl)cc1. The first-order valence-corrected chi connectivity index (χ1v) is 11.5. The highest BCUT2D eigenvalue weighted by Gasteiger charge is 2.33. The van der Waals surface area contributed by atoms with Crippen molar-refractivity contribution in [2.75, 3.05) is 6.61 Å². The summed E-state index contributed by atoms with van der Waals surface area (Å²) < 4.78 is 36.2. The Morgan fingerprint density at radius 1 is 1.21 bits per heavy atom. The van der Waals surface area contributed by atoms with Crippen LogP contribution >= 0.6 is 22.9 Å². The van der Waals surface area contributed by atoms with Crippen LogP contribution in [0.4, 0.5) is 8.78 Å². The van der Waals surface area contributed by atoms with Gasteiger partial charge in [-0.3, -0.25) is 9.36 Å². The Bertz CT molecular complexity index is 1430. The monoisotopic (exact) mass is 504 g/mol. The maximum Gasteiger partial charge on any atom is 0.387 e. The smallest absolute Gasteiger partial charge is 0.387 e. The second-order valence-corrected chi connectivity index (χ2v) is 8.75. The molecule has 1 aromatic heterocycles. The lowest BCUT2D eigenvalue weighted by Gasteiger charge is -2.24. The molecule has 0 N–H and O–H groups in total. The van der Waals surface area contributed by atoms with Crippen molar-refractivity contribution in [2.24, 2.45) is 4.99 Å². The number of fused-ring (bicyclic) bond motifs is 1. The number of rotatable bonds is 6. The third-order valence-corrected chi connectivity index (χ3v) is 6.34. The predicted octanol–water partition coefficient (Wildman–Crippen LogP) is 4.05. The molecule has 0 saturated heterocycles. The van der Waals surface area contributed by atoms with E-state index in [0.29, 0.717) is 31.2 Å². The number of thiazole rings is 1. The van der Waals surface area contributed by atoms with Gasteiger partial charge in [-0.05, 0) is 55.3 Å². The van der Waals surface area contributed by atoms with E-state index in [1.54, 1.807) is 56.3 Å². The lowest BCUT2D eigenvalue weighted by atomic mass is 9.96. The van der Waals surface area contributed by atoms with Gasteiger partial charge in [-0.2, -0.15) is 8.78 Å². The number of halogens is 3. The van der Waals surface area contributed by atoms with E-state index in [4.69, 9.17) is 16.3 Å². The Morgan fingerprint density at radius 2 is 1.88 bits per heavy atom. The average molecular weight is 505 g/mol. The van der Waals surface area contributed by atoms with E-state index < -0.39 is 18.6 Å². The fraction of sp³-hybridized carbons (Fsp3) is 0.208. The van der Waals surface area contributed by atoms with Gasteiger partial charge >= 0.3 is 12.6 Å². The third-order valence-electron chi connectivity index (χ3n) is 5.11. The first-order valence-electron chi connectivity index (χ1n) is 10.3. The van der Waals surface area contributed by atoms with Gasteiger partial charge in [0.2, 0.25) is 0 Å². The minimum absolute atomic E-state index is 0.0195. The van der Waals surface area contributed by atoms with Gasteiger partial charge in [-0.15, -0.1) is 0 Å². The number of hydrogen-bond donors (Lipinski definition) is 0.